The second kappa shape index (κ2) is 4.04. The van der Waals surface area contributed by atoms with Crippen molar-refractivity contribution in [1.82, 2.24) is 9.38 Å². The molecule has 8 heteroatoms. The maximum Gasteiger partial charge on any atom is 0.408 e. The molecule has 7 nitrogen and oxygen atoms in total. The average molecular weight is 260 g/mol. The highest BCUT2D eigenvalue weighted by atomic mass is 35.7. The fourth-order valence-electron chi connectivity index (χ4n) is 1.46. The van der Waals surface area contributed by atoms with Crippen molar-refractivity contribution in [1.29, 1.82) is 0 Å². The van der Waals surface area contributed by atoms with Crippen LogP contribution in [0.3, 0.4) is 0 Å². The standard InChI is InChI=1S/C9H10ClN3O4/c1-12(2)9-11-8(17-10(14,15)16)7-5-3-4-6-13(7)9/h3-6H,1-2H3. The van der Waals surface area contributed by atoms with E-state index in [2.05, 4.69) is 9.27 Å². The summed E-state index contributed by atoms with van der Waals surface area (Å²) in [6, 6.07) is 5.06. The molecule has 0 radical (unpaired) electrons. The number of imidazole rings is 1. The van der Waals surface area contributed by atoms with E-state index < -0.39 is 10.2 Å². The molecule has 0 saturated heterocycles. The third-order valence-electron chi connectivity index (χ3n) is 2.06. The van der Waals surface area contributed by atoms with Gasteiger partial charge in [0, 0.05) is 20.3 Å². The van der Waals surface area contributed by atoms with E-state index in [9.17, 15) is 14.0 Å². The summed E-state index contributed by atoms with van der Waals surface area (Å²) in [5.41, 5.74) is 0.406. The number of hydrogen-bond acceptors (Lipinski definition) is 6. The van der Waals surface area contributed by atoms with Crippen LogP contribution >= 0.6 is 0 Å². The number of nitrogens with zero attached hydrogens (tertiary/aromatic N) is 3. The minimum Gasteiger partial charge on any atom is -0.348 e. The van der Waals surface area contributed by atoms with Gasteiger partial charge in [-0.25, -0.2) is 0 Å². The normalized spacial score (nSPS) is 11.8. The molecule has 0 unspecified atom stereocenters. The highest BCUT2D eigenvalue weighted by Gasteiger charge is 2.26. The fourth-order valence-corrected chi connectivity index (χ4v) is 1.75. The first-order chi connectivity index (χ1) is 7.88. The molecule has 0 aliphatic rings. The molecule has 0 atom stereocenters. The van der Waals surface area contributed by atoms with Crippen molar-refractivity contribution >= 4 is 11.5 Å². The van der Waals surface area contributed by atoms with Crippen LogP contribution in [0.5, 0.6) is 5.88 Å². The maximum atomic E-state index is 10.6. The first-order valence-electron chi connectivity index (χ1n) is 4.63. The van der Waals surface area contributed by atoms with Gasteiger partial charge in [0.15, 0.2) is 0 Å². The highest BCUT2D eigenvalue weighted by molar-refractivity contribution is 5.62. The molecule has 2 aromatic rings. The summed E-state index contributed by atoms with van der Waals surface area (Å²) in [6.07, 6.45) is 1.69. The molecule has 2 aromatic heterocycles. The van der Waals surface area contributed by atoms with Gasteiger partial charge in [0.1, 0.15) is 15.8 Å². The lowest BCUT2D eigenvalue weighted by Gasteiger charge is -2.10. The number of halogens is 1. The van der Waals surface area contributed by atoms with Crippen molar-refractivity contribution in [3.05, 3.63) is 24.4 Å². The second-order valence-corrected chi connectivity index (χ2v) is 4.43. The Labute approximate surface area is 99.2 Å². The lowest BCUT2D eigenvalue weighted by Crippen LogP contribution is -2.63. The Morgan fingerprint density at radius 1 is 1.29 bits per heavy atom. The summed E-state index contributed by atoms with van der Waals surface area (Å²) in [5.74, 6) is 0.236. The van der Waals surface area contributed by atoms with Crippen LogP contribution in [0.25, 0.3) is 5.52 Å². The van der Waals surface area contributed by atoms with Crippen LogP contribution in [-0.2, 0) is 0 Å². The van der Waals surface area contributed by atoms with Gasteiger partial charge in [-0.2, -0.15) is 19.0 Å². The molecule has 2 heterocycles. The highest BCUT2D eigenvalue weighted by Crippen LogP contribution is 2.25. The van der Waals surface area contributed by atoms with Crippen molar-refractivity contribution in [2.24, 2.45) is 0 Å². The Balaban J connectivity index is 2.57. The van der Waals surface area contributed by atoms with Gasteiger partial charge in [0.05, 0.1) is 0 Å². The van der Waals surface area contributed by atoms with Crippen molar-refractivity contribution < 1.29 is 28.5 Å². The van der Waals surface area contributed by atoms with Gasteiger partial charge in [-0.15, -0.1) is 0 Å². The van der Waals surface area contributed by atoms with Crippen LogP contribution in [0.15, 0.2) is 24.4 Å². The first kappa shape index (κ1) is 11.9. The van der Waals surface area contributed by atoms with Crippen LogP contribution in [0, 0.1) is 10.2 Å². The van der Waals surface area contributed by atoms with E-state index in [-0.39, 0.29) is 5.88 Å². The van der Waals surface area contributed by atoms with Gasteiger partial charge in [-0.1, -0.05) is 6.07 Å². The Hall–Kier alpha value is -1.54. The molecule has 0 aromatic carbocycles. The fraction of sp³-hybridized carbons (Fsp3) is 0.222. The lowest BCUT2D eigenvalue weighted by atomic mass is 10.4. The molecule has 2 rings (SSSR count). The molecular formula is C9H10ClN3O4. The van der Waals surface area contributed by atoms with Crippen molar-refractivity contribution in [2.75, 3.05) is 19.0 Å². The van der Waals surface area contributed by atoms with E-state index >= 15 is 0 Å². The monoisotopic (exact) mass is 259 g/mol. The van der Waals surface area contributed by atoms with Gasteiger partial charge in [0.2, 0.25) is 5.95 Å². The SMILES string of the molecule is CN(C)c1nc(O[Cl+3]([O-])([O-])[O-])c2ccccn12. The molecule has 0 amide bonds. The zero-order valence-corrected chi connectivity index (χ0v) is 9.92. The molecule has 0 aliphatic heterocycles. The van der Waals surface area contributed by atoms with Crippen LogP contribution < -0.4 is 23.2 Å². The van der Waals surface area contributed by atoms with Crippen LogP contribution in [-0.4, -0.2) is 23.5 Å². The zero-order chi connectivity index (χ0) is 12.6. The predicted octanol–water partition coefficient (Wildman–Crippen LogP) is -2.32. The third-order valence-corrected chi connectivity index (χ3v) is 2.40. The average Bonchev–Trinajstić information content (AvgIpc) is 2.55. The summed E-state index contributed by atoms with van der Waals surface area (Å²) >= 11 is 0. The number of hydrogen-bond donors (Lipinski definition) is 0. The van der Waals surface area contributed by atoms with Gasteiger partial charge >= 0.3 is 5.88 Å². The quantitative estimate of drug-likeness (QED) is 0.613. The molecular weight excluding hydrogens is 250 g/mol. The Bertz CT molecular complexity index is 535. The predicted molar refractivity (Wildman–Crippen MR) is 50.1 cm³/mol. The molecule has 0 saturated carbocycles. The largest absolute Gasteiger partial charge is 0.408 e. The van der Waals surface area contributed by atoms with Gasteiger partial charge in [-0.3, -0.25) is 4.40 Å². The van der Waals surface area contributed by atoms with Gasteiger partial charge < -0.3 is 4.90 Å². The van der Waals surface area contributed by atoms with E-state index in [0.29, 0.717) is 11.5 Å². The summed E-state index contributed by atoms with van der Waals surface area (Å²) in [7, 11) is -1.06. The van der Waals surface area contributed by atoms with E-state index in [1.807, 2.05) is 0 Å². The smallest absolute Gasteiger partial charge is 0.348 e. The van der Waals surface area contributed by atoms with Crippen molar-refractivity contribution in [3.63, 3.8) is 0 Å². The summed E-state index contributed by atoms with van der Waals surface area (Å²) in [4.78, 5) is 5.63. The number of rotatable bonds is 3. The number of anilines is 1. The molecule has 0 N–H and O–H groups in total. The van der Waals surface area contributed by atoms with Crippen molar-refractivity contribution in [2.45, 2.75) is 0 Å². The Kier molecular flexibility index (Phi) is 2.84. The van der Waals surface area contributed by atoms with Crippen molar-refractivity contribution in [3.8, 4) is 5.88 Å². The molecule has 0 spiro atoms. The first-order valence-corrected chi connectivity index (χ1v) is 5.87. The molecule has 17 heavy (non-hydrogen) atoms. The van der Waals surface area contributed by atoms with E-state index in [0.717, 1.165) is 0 Å². The van der Waals surface area contributed by atoms with Crippen LogP contribution in [0.1, 0.15) is 0 Å². The maximum absolute atomic E-state index is 10.6. The molecule has 92 valence electrons. The minimum absolute atomic E-state index is 0.231. The third kappa shape index (κ3) is 2.42. The molecule has 0 fully saturated rings. The Morgan fingerprint density at radius 2 is 2.00 bits per heavy atom. The van der Waals surface area contributed by atoms with E-state index in [4.69, 9.17) is 0 Å². The Morgan fingerprint density at radius 3 is 2.59 bits per heavy atom. The van der Waals surface area contributed by atoms with E-state index in [1.54, 1.807) is 47.8 Å². The van der Waals surface area contributed by atoms with Crippen LogP contribution in [0.2, 0.25) is 0 Å². The molecule has 0 aliphatic carbocycles. The van der Waals surface area contributed by atoms with Crippen LogP contribution in [0.4, 0.5) is 5.95 Å². The second-order valence-electron chi connectivity index (χ2n) is 3.52. The minimum atomic E-state index is -4.55. The summed E-state index contributed by atoms with van der Waals surface area (Å²) in [6.45, 7) is 0. The number of pyridine rings is 1. The zero-order valence-electron chi connectivity index (χ0n) is 9.16. The lowest BCUT2D eigenvalue weighted by molar-refractivity contribution is -1.91. The number of aromatic nitrogens is 2. The van der Waals surface area contributed by atoms with Gasteiger partial charge in [0.25, 0.3) is 0 Å². The summed E-state index contributed by atoms with van der Waals surface area (Å²) in [5, 5.41) is 0. The van der Waals surface area contributed by atoms with E-state index in [1.165, 1.54) is 0 Å². The summed E-state index contributed by atoms with van der Waals surface area (Å²) < 4.78 is 37.6. The van der Waals surface area contributed by atoms with Gasteiger partial charge in [-0.05, 0) is 16.4 Å². The number of fused-ring (bicyclic) bond motifs is 1. The topological polar surface area (TPSA) is 99.0 Å². The molecule has 0 bridgehead atoms.